The molecule has 2 rings (SSSR count). The zero-order chi connectivity index (χ0) is 19.9. The molecule has 0 radical (unpaired) electrons. The first-order chi connectivity index (χ1) is 13.8. The Morgan fingerprint density at radius 1 is 1.00 bits per heavy atom. The Morgan fingerprint density at radius 2 is 1.57 bits per heavy atom. The van der Waals surface area contributed by atoms with Crippen LogP contribution in [0.5, 0.6) is 0 Å². The summed E-state index contributed by atoms with van der Waals surface area (Å²) in [5.41, 5.74) is 0.187. The van der Waals surface area contributed by atoms with Crippen LogP contribution in [-0.4, -0.2) is 56.1 Å². The molecule has 158 valence electrons. The first kappa shape index (κ1) is 22.7. The van der Waals surface area contributed by atoms with E-state index in [1.165, 1.54) is 57.8 Å². The second-order valence-electron chi connectivity index (χ2n) is 8.15. The lowest BCUT2D eigenvalue weighted by Crippen LogP contribution is -2.45. The van der Waals surface area contributed by atoms with E-state index in [0.717, 1.165) is 52.1 Å². The minimum Gasteiger partial charge on any atom is -0.388 e. The van der Waals surface area contributed by atoms with Gasteiger partial charge in [0.25, 0.3) is 5.91 Å². The van der Waals surface area contributed by atoms with Gasteiger partial charge in [0.15, 0.2) is 0 Å². The average molecular weight is 390 g/mol. The predicted molar refractivity (Wildman–Crippen MR) is 114 cm³/mol. The number of carbonyl (C=O) groups is 1. The molecule has 28 heavy (non-hydrogen) atoms. The molecule has 0 aromatic heterocycles. The number of nitrogens with zero attached hydrogens (tertiary/aromatic N) is 2. The van der Waals surface area contributed by atoms with Crippen molar-refractivity contribution in [1.82, 2.24) is 20.9 Å². The van der Waals surface area contributed by atoms with Crippen molar-refractivity contribution in [2.24, 2.45) is 0 Å². The Morgan fingerprint density at radius 3 is 2.14 bits per heavy atom. The number of amides is 1. The number of hydrogen-bond acceptors (Lipinski definition) is 5. The van der Waals surface area contributed by atoms with E-state index >= 15 is 0 Å². The molecule has 6 nitrogen and oxygen atoms in total. The summed E-state index contributed by atoms with van der Waals surface area (Å²) in [5, 5.41) is 19.0. The molecule has 1 saturated heterocycles. The van der Waals surface area contributed by atoms with E-state index in [2.05, 4.69) is 26.9 Å². The van der Waals surface area contributed by atoms with E-state index in [-0.39, 0.29) is 17.5 Å². The van der Waals surface area contributed by atoms with Crippen LogP contribution in [0.4, 0.5) is 0 Å². The summed E-state index contributed by atoms with van der Waals surface area (Å²) in [6, 6.07) is 2.26. The van der Waals surface area contributed by atoms with Crippen molar-refractivity contribution >= 4 is 5.91 Å². The minimum absolute atomic E-state index is 0.187. The van der Waals surface area contributed by atoms with Gasteiger partial charge in [-0.05, 0) is 12.8 Å². The molecular formula is C22H39N5O. The summed E-state index contributed by atoms with van der Waals surface area (Å²) in [4.78, 5) is 14.9. The lowest BCUT2D eigenvalue weighted by molar-refractivity contribution is -0.117. The highest BCUT2D eigenvalue weighted by molar-refractivity contribution is 5.97. The number of nitriles is 1. The van der Waals surface area contributed by atoms with Gasteiger partial charge < -0.3 is 16.0 Å². The predicted octanol–water partition coefficient (Wildman–Crippen LogP) is 2.68. The normalized spacial score (nSPS) is 21.8. The van der Waals surface area contributed by atoms with Crippen molar-refractivity contribution in [3.63, 3.8) is 0 Å². The maximum atomic E-state index is 12.6. The molecule has 1 aliphatic carbocycles. The maximum Gasteiger partial charge on any atom is 0.263 e. The van der Waals surface area contributed by atoms with Gasteiger partial charge in [-0.15, -0.1) is 0 Å². The molecule has 0 bridgehead atoms. The molecule has 3 N–H and O–H groups in total. The third kappa shape index (κ3) is 9.57. The molecule has 0 atom stereocenters. The van der Waals surface area contributed by atoms with E-state index in [9.17, 15) is 10.1 Å². The third-order valence-electron chi connectivity index (χ3n) is 5.83. The fraction of sp³-hybridized carbons (Fsp3) is 0.818. The maximum absolute atomic E-state index is 12.6. The van der Waals surface area contributed by atoms with Crippen molar-refractivity contribution in [3.8, 4) is 6.07 Å². The molecule has 2 fully saturated rings. The summed E-state index contributed by atoms with van der Waals surface area (Å²) in [6.45, 7) is 5.85. The standard InChI is InChI=1S/C22H39N5O/c23-18-20(19-25-14-17-27-15-12-24-13-16-27)22(28)26-21-10-8-6-4-2-1-3-5-7-9-11-21/h19,21,24-25H,1-17H2,(H,26,28)/b20-19-. The highest BCUT2D eigenvalue weighted by Crippen LogP contribution is 2.17. The SMILES string of the molecule is N#C/C(=C/NCCN1CCNCC1)C(=O)NC1CCCCCCCCCCC1. The molecule has 0 unspecified atom stereocenters. The number of piperazine rings is 1. The Labute approximate surface area is 171 Å². The second kappa shape index (κ2) is 14.4. The molecule has 2 aliphatic rings. The van der Waals surface area contributed by atoms with E-state index in [0.29, 0.717) is 0 Å². The van der Waals surface area contributed by atoms with Crippen LogP contribution in [0.25, 0.3) is 0 Å². The quantitative estimate of drug-likeness (QED) is 0.370. The van der Waals surface area contributed by atoms with Crippen molar-refractivity contribution in [2.45, 2.75) is 76.7 Å². The van der Waals surface area contributed by atoms with Crippen molar-refractivity contribution in [1.29, 1.82) is 5.26 Å². The van der Waals surface area contributed by atoms with Crippen LogP contribution in [0.3, 0.4) is 0 Å². The average Bonchev–Trinajstić information content (AvgIpc) is 2.71. The Bertz CT molecular complexity index is 496. The zero-order valence-electron chi connectivity index (χ0n) is 17.5. The largest absolute Gasteiger partial charge is 0.388 e. The highest BCUT2D eigenvalue weighted by Gasteiger charge is 2.16. The molecule has 1 saturated carbocycles. The van der Waals surface area contributed by atoms with E-state index in [1.807, 2.05) is 0 Å². The van der Waals surface area contributed by atoms with E-state index < -0.39 is 0 Å². The summed E-state index contributed by atoms with van der Waals surface area (Å²) < 4.78 is 0. The molecule has 1 heterocycles. The monoisotopic (exact) mass is 389 g/mol. The van der Waals surface area contributed by atoms with Crippen LogP contribution < -0.4 is 16.0 Å². The number of nitrogens with one attached hydrogen (secondary N) is 3. The van der Waals surface area contributed by atoms with Gasteiger partial charge in [-0.1, -0.05) is 57.8 Å². The van der Waals surface area contributed by atoms with E-state index in [4.69, 9.17) is 0 Å². The third-order valence-corrected chi connectivity index (χ3v) is 5.83. The van der Waals surface area contributed by atoms with E-state index in [1.54, 1.807) is 6.20 Å². The van der Waals surface area contributed by atoms with Gasteiger partial charge in [0.05, 0.1) is 0 Å². The lowest BCUT2D eigenvalue weighted by Gasteiger charge is -2.26. The van der Waals surface area contributed by atoms with Gasteiger partial charge >= 0.3 is 0 Å². The molecule has 1 amide bonds. The molecule has 6 heteroatoms. The Balaban J connectivity index is 1.74. The number of hydrogen-bond donors (Lipinski definition) is 3. The Kier molecular flexibility index (Phi) is 11.7. The van der Waals surface area contributed by atoms with Crippen LogP contribution in [0, 0.1) is 11.3 Å². The molecular weight excluding hydrogens is 350 g/mol. The van der Waals surface area contributed by atoms with Crippen molar-refractivity contribution in [2.75, 3.05) is 39.3 Å². The van der Waals surface area contributed by atoms with Crippen LogP contribution in [-0.2, 0) is 4.79 Å². The molecule has 0 spiro atoms. The van der Waals surface area contributed by atoms with Gasteiger partial charge in [0.1, 0.15) is 11.6 Å². The summed E-state index contributed by atoms with van der Waals surface area (Å²) in [7, 11) is 0. The fourth-order valence-corrected chi connectivity index (χ4v) is 4.05. The van der Waals surface area contributed by atoms with Crippen LogP contribution in [0.1, 0.15) is 70.6 Å². The van der Waals surface area contributed by atoms with Crippen LogP contribution >= 0.6 is 0 Å². The van der Waals surface area contributed by atoms with Crippen molar-refractivity contribution in [3.05, 3.63) is 11.8 Å². The topological polar surface area (TPSA) is 80.2 Å². The summed E-state index contributed by atoms with van der Waals surface area (Å²) in [6.07, 6.45) is 15.2. The van der Waals surface area contributed by atoms with Gasteiger partial charge in [-0.25, -0.2) is 0 Å². The van der Waals surface area contributed by atoms with Crippen molar-refractivity contribution < 1.29 is 4.79 Å². The highest BCUT2D eigenvalue weighted by atomic mass is 16.1. The number of rotatable bonds is 6. The van der Waals surface area contributed by atoms with Gasteiger partial charge in [-0.2, -0.15) is 5.26 Å². The van der Waals surface area contributed by atoms with Gasteiger partial charge in [-0.3, -0.25) is 9.69 Å². The summed E-state index contributed by atoms with van der Waals surface area (Å²) in [5.74, 6) is -0.228. The first-order valence-electron chi connectivity index (χ1n) is 11.4. The summed E-state index contributed by atoms with van der Waals surface area (Å²) >= 11 is 0. The number of carbonyl (C=O) groups excluding carboxylic acids is 1. The van der Waals surface area contributed by atoms with Gasteiger partial charge in [0.2, 0.25) is 0 Å². The first-order valence-corrected chi connectivity index (χ1v) is 11.4. The van der Waals surface area contributed by atoms with Crippen LogP contribution in [0.15, 0.2) is 11.8 Å². The zero-order valence-corrected chi connectivity index (χ0v) is 17.5. The van der Waals surface area contributed by atoms with Crippen LogP contribution in [0.2, 0.25) is 0 Å². The second-order valence-corrected chi connectivity index (χ2v) is 8.15. The molecule has 0 aromatic rings. The smallest absolute Gasteiger partial charge is 0.263 e. The fourth-order valence-electron chi connectivity index (χ4n) is 4.05. The Hall–Kier alpha value is -1.58. The minimum atomic E-state index is -0.228. The lowest BCUT2D eigenvalue weighted by atomic mass is 9.98. The molecule has 0 aromatic carbocycles. The van der Waals surface area contributed by atoms with Gasteiger partial charge in [0, 0.05) is 51.5 Å². The molecule has 1 aliphatic heterocycles.